The number of benzene rings is 1. The minimum absolute atomic E-state index is 0.159. The quantitative estimate of drug-likeness (QED) is 0.783. The minimum atomic E-state index is -0.159. The fourth-order valence-corrected chi connectivity index (χ4v) is 1.34. The molecule has 0 fully saturated rings. The van der Waals surface area contributed by atoms with Crippen molar-refractivity contribution in [2.75, 3.05) is 7.11 Å². The van der Waals surface area contributed by atoms with Gasteiger partial charge < -0.3 is 9.47 Å². The summed E-state index contributed by atoms with van der Waals surface area (Å²) in [6.07, 6.45) is 0.938. The van der Waals surface area contributed by atoms with Crippen LogP contribution in [0, 0.1) is 11.3 Å². The predicted octanol–water partition coefficient (Wildman–Crippen LogP) is 3.27. The number of rotatable bonds is 5. The normalized spacial score (nSPS) is 11.0. The van der Waals surface area contributed by atoms with Gasteiger partial charge in [0.2, 0.25) is 0 Å². The van der Waals surface area contributed by atoms with Crippen molar-refractivity contribution in [1.29, 1.82) is 5.26 Å². The van der Waals surface area contributed by atoms with E-state index in [9.17, 15) is 0 Å². The molecule has 3 nitrogen and oxygen atoms in total. The highest BCUT2D eigenvalue weighted by atomic mass is 16.5. The summed E-state index contributed by atoms with van der Waals surface area (Å²) in [6.45, 7) is 6.64. The molecule has 0 bridgehead atoms. The van der Waals surface area contributed by atoms with E-state index in [1.165, 1.54) is 0 Å². The highest BCUT2D eigenvalue weighted by Crippen LogP contribution is 2.23. The van der Waals surface area contributed by atoms with Crippen LogP contribution in [0.15, 0.2) is 18.2 Å². The Morgan fingerprint density at radius 1 is 1.35 bits per heavy atom. The van der Waals surface area contributed by atoms with Crippen molar-refractivity contribution in [3.05, 3.63) is 29.3 Å². The van der Waals surface area contributed by atoms with Crippen LogP contribution < -0.4 is 4.74 Å². The van der Waals surface area contributed by atoms with Crippen LogP contribution in [0.5, 0.6) is 5.75 Å². The molecule has 0 unspecified atom stereocenters. The van der Waals surface area contributed by atoms with Gasteiger partial charge in [-0.15, -0.1) is 0 Å². The summed E-state index contributed by atoms with van der Waals surface area (Å²) < 4.78 is 11.1. The second kappa shape index (κ2) is 5.70. The zero-order valence-corrected chi connectivity index (χ0v) is 10.9. The van der Waals surface area contributed by atoms with Crippen molar-refractivity contribution in [3.8, 4) is 11.8 Å². The Kier molecular flexibility index (Phi) is 4.53. The lowest BCUT2D eigenvalue weighted by molar-refractivity contribution is -0.0322. The first kappa shape index (κ1) is 13.5. The van der Waals surface area contributed by atoms with Crippen molar-refractivity contribution < 1.29 is 9.47 Å². The molecule has 1 aromatic carbocycles. The SMILES string of the molecule is CCC(C)(C)OCc1cc(C#N)ccc1OC. The average Bonchev–Trinajstić information content (AvgIpc) is 2.36. The average molecular weight is 233 g/mol. The molecule has 0 spiro atoms. The molecule has 92 valence electrons. The number of hydrogen-bond donors (Lipinski definition) is 0. The van der Waals surface area contributed by atoms with Crippen LogP contribution in [0.25, 0.3) is 0 Å². The van der Waals surface area contributed by atoms with Crippen LogP contribution in [0.4, 0.5) is 0 Å². The van der Waals surface area contributed by atoms with Crippen molar-refractivity contribution in [1.82, 2.24) is 0 Å². The maximum atomic E-state index is 8.87. The standard InChI is InChI=1S/C14H19NO2/c1-5-14(2,3)17-10-12-8-11(9-15)6-7-13(12)16-4/h6-8H,5,10H2,1-4H3. The van der Waals surface area contributed by atoms with Crippen LogP contribution in [0.3, 0.4) is 0 Å². The Hall–Kier alpha value is -1.53. The maximum absolute atomic E-state index is 8.87. The lowest BCUT2D eigenvalue weighted by atomic mass is 10.1. The second-order valence-electron chi connectivity index (χ2n) is 4.54. The lowest BCUT2D eigenvalue weighted by Crippen LogP contribution is -2.22. The van der Waals surface area contributed by atoms with Gasteiger partial charge in [-0.25, -0.2) is 0 Å². The molecule has 1 rings (SSSR count). The number of methoxy groups -OCH3 is 1. The van der Waals surface area contributed by atoms with Gasteiger partial charge in [-0.1, -0.05) is 6.92 Å². The molecular formula is C14H19NO2. The first-order valence-corrected chi connectivity index (χ1v) is 5.73. The Balaban J connectivity index is 2.85. The van der Waals surface area contributed by atoms with Gasteiger partial charge in [0.1, 0.15) is 5.75 Å². The largest absolute Gasteiger partial charge is 0.496 e. The van der Waals surface area contributed by atoms with E-state index < -0.39 is 0 Å². The van der Waals surface area contributed by atoms with E-state index in [1.807, 2.05) is 19.9 Å². The molecule has 3 heteroatoms. The first-order valence-electron chi connectivity index (χ1n) is 5.73. The van der Waals surface area contributed by atoms with E-state index in [0.717, 1.165) is 17.7 Å². The second-order valence-corrected chi connectivity index (χ2v) is 4.54. The molecule has 0 aliphatic carbocycles. The number of hydrogen-bond acceptors (Lipinski definition) is 3. The third kappa shape index (κ3) is 3.76. The van der Waals surface area contributed by atoms with Gasteiger partial charge in [0.05, 0.1) is 31.0 Å². The van der Waals surface area contributed by atoms with Gasteiger partial charge in [0, 0.05) is 5.56 Å². The van der Waals surface area contributed by atoms with Crippen LogP contribution in [0.1, 0.15) is 38.3 Å². The van der Waals surface area contributed by atoms with Gasteiger partial charge in [-0.3, -0.25) is 0 Å². The molecule has 0 N–H and O–H groups in total. The highest BCUT2D eigenvalue weighted by molar-refractivity contribution is 5.41. The van der Waals surface area contributed by atoms with Crippen LogP contribution in [-0.4, -0.2) is 12.7 Å². The summed E-state index contributed by atoms with van der Waals surface area (Å²) in [4.78, 5) is 0. The third-order valence-electron chi connectivity index (χ3n) is 2.88. The van der Waals surface area contributed by atoms with Gasteiger partial charge in [0.15, 0.2) is 0 Å². The van der Waals surface area contributed by atoms with Gasteiger partial charge in [-0.2, -0.15) is 5.26 Å². The summed E-state index contributed by atoms with van der Waals surface area (Å²) in [5, 5.41) is 8.87. The molecule has 0 saturated heterocycles. The van der Waals surface area contributed by atoms with Crippen molar-refractivity contribution in [2.24, 2.45) is 0 Å². The van der Waals surface area contributed by atoms with E-state index in [1.54, 1.807) is 19.2 Å². The Labute approximate surface area is 103 Å². The van der Waals surface area contributed by atoms with Crippen LogP contribution >= 0.6 is 0 Å². The van der Waals surface area contributed by atoms with E-state index in [0.29, 0.717) is 12.2 Å². The van der Waals surface area contributed by atoms with Gasteiger partial charge in [0.25, 0.3) is 0 Å². The lowest BCUT2D eigenvalue weighted by Gasteiger charge is -2.24. The molecule has 1 aromatic rings. The zero-order valence-electron chi connectivity index (χ0n) is 10.9. The summed E-state index contributed by atoms with van der Waals surface area (Å²) in [6, 6.07) is 7.47. The summed E-state index contributed by atoms with van der Waals surface area (Å²) in [7, 11) is 1.62. The summed E-state index contributed by atoms with van der Waals surface area (Å²) >= 11 is 0. The summed E-state index contributed by atoms with van der Waals surface area (Å²) in [5.41, 5.74) is 1.37. The first-order chi connectivity index (χ1) is 8.02. The molecule has 0 atom stereocenters. The van der Waals surface area contributed by atoms with E-state index in [4.69, 9.17) is 14.7 Å². The maximum Gasteiger partial charge on any atom is 0.124 e. The molecule has 0 aliphatic rings. The fraction of sp³-hybridized carbons (Fsp3) is 0.500. The van der Waals surface area contributed by atoms with Gasteiger partial charge in [-0.05, 0) is 38.5 Å². The monoisotopic (exact) mass is 233 g/mol. The van der Waals surface area contributed by atoms with Crippen molar-refractivity contribution >= 4 is 0 Å². The minimum Gasteiger partial charge on any atom is -0.496 e. The van der Waals surface area contributed by atoms with Crippen molar-refractivity contribution in [2.45, 2.75) is 39.4 Å². The van der Waals surface area contributed by atoms with Crippen LogP contribution in [-0.2, 0) is 11.3 Å². The predicted molar refractivity (Wildman–Crippen MR) is 66.9 cm³/mol. The van der Waals surface area contributed by atoms with Gasteiger partial charge >= 0.3 is 0 Å². The van der Waals surface area contributed by atoms with Crippen LogP contribution in [0.2, 0.25) is 0 Å². The number of nitrogens with zero attached hydrogens (tertiary/aromatic N) is 1. The fourth-order valence-electron chi connectivity index (χ4n) is 1.34. The topological polar surface area (TPSA) is 42.2 Å². The van der Waals surface area contributed by atoms with E-state index in [2.05, 4.69) is 13.0 Å². The smallest absolute Gasteiger partial charge is 0.124 e. The number of nitriles is 1. The molecular weight excluding hydrogens is 214 g/mol. The molecule has 0 saturated carbocycles. The van der Waals surface area contributed by atoms with Crippen molar-refractivity contribution in [3.63, 3.8) is 0 Å². The highest BCUT2D eigenvalue weighted by Gasteiger charge is 2.16. The van der Waals surface area contributed by atoms with E-state index >= 15 is 0 Å². The Bertz CT molecular complexity index is 419. The molecule has 0 radical (unpaired) electrons. The summed E-state index contributed by atoms with van der Waals surface area (Å²) in [5.74, 6) is 0.760. The molecule has 0 aromatic heterocycles. The van der Waals surface area contributed by atoms with E-state index in [-0.39, 0.29) is 5.60 Å². The molecule has 17 heavy (non-hydrogen) atoms. The Morgan fingerprint density at radius 2 is 2.06 bits per heavy atom. The molecule has 0 aliphatic heterocycles. The zero-order chi connectivity index (χ0) is 12.9. The molecule has 0 heterocycles. The Morgan fingerprint density at radius 3 is 2.59 bits per heavy atom. The molecule has 0 amide bonds. The third-order valence-corrected chi connectivity index (χ3v) is 2.88. The number of ether oxygens (including phenoxy) is 2.